The first-order valence-electron chi connectivity index (χ1n) is 6.13. The van der Waals surface area contributed by atoms with Gasteiger partial charge in [0, 0.05) is 6.54 Å². The fourth-order valence-electron chi connectivity index (χ4n) is 2.48. The van der Waals surface area contributed by atoms with Gasteiger partial charge in [-0.05, 0) is 18.6 Å². The molecule has 7 heteroatoms. The Kier molecular flexibility index (Phi) is 2.74. The average Bonchev–Trinajstić information content (AvgIpc) is 2.72. The molecular formula is C13H11N3O4. The highest BCUT2D eigenvalue weighted by molar-refractivity contribution is 6.22. The van der Waals surface area contributed by atoms with E-state index in [0.717, 1.165) is 9.91 Å². The highest BCUT2D eigenvalue weighted by Gasteiger charge is 2.44. The van der Waals surface area contributed by atoms with Crippen molar-refractivity contribution in [1.29, 1.82) is 0 Å². The van der Waals surface area contributed by atoms with Gasteiger partial charge in [-0.2, -0.15) is 0 Å². The van der Waals surface area contributed by atoms with Gasteiger partial charge < -0.3 is 0 Å². The molecular weight excluding hydrogens is 262 g/mol. The number of benzene rings is 1. The minimum Gasteiger partial charge on any atom is -0.277 e. The molecule has 0 radical (unpaired) electrons. The van der Waals surface area contributed by atoms with Crippen molar-refractivity contribution >= 4 is 24.1 Å². The van der Waals surface area contributed by atoms with Crippen molar-refractivity contribution in [2.75, 3.05) is 6.54 Å². The van der Waals surface area contributed by atoms with E-state index in [2.05, 4.69) is 5.43 Å². The molecule has 4 amide bonds. The topological polar surface area (TPSA) is 86.8 Å². The lowest BCUT2D eigenvalue weighted by atomic mass is 10.1. The van der Waals surface area contributed by atoms with Crippen LogP contribution in [-0.4, -0.2) is 46.6 Å². The number of carbonyl (C=O) groups is 4. The van der Waals surface area contributed by atoms with Gasteiger partial charge in [-0.15, -0.1) is 0 Å². The summed E-state index contributed by atoms with van der Waals surface area (Å²) in [6, 6.07) is 5.59. The molecule has 2 aliphatic heterocycles. The van der Waals surface area contributed by atoms with E-state index in [4.69, 9.17) is 0 Å². The second-order valence-corrected chi connectivity index (χ2v) is 4.61. The van der Waals surface area contributed by atoms with Crippen molar-refractivity contribution in [3.8, 4) is 0 Å². The Morgan fingerprint density at radius 1 is 1.10 bits per heavy atom. The number of hydrogen-bond acceptors (Lipinski definition) is 4. The highest BCUT2D eigenvalue weighted by Crippen LogP contribution is 2.26. The van der Waals surface area contributed by atoms with Crippen LogP contribution in [0.3, 0.4) is 0 Å². The van der Waals surface area contributed by atoms with Gasteiger partial charge in [0.25, 0.3) is 17.7 Å². The number of hydrazine groups is 1. The van der Waals surface area contributed by atoms with Crippen molar-refractivity contribution in [3.63, 3.8) is 0 Å². The summed E-state index contributed by atoms with van der Waals surface area (Å²) in [5, 5.41) is 1.09. The van der Waals surface area contributed by atoms with Gasteiger partial charge in [0.2, 0.25) is 6.41 Å². The zero-order chi connectivity index (χ0) is 14.3. The van der Waals surface area contributed by atoms with Crippen molar-refractivity contribution in [2.24, 2.45) is 0 Å². The van der Waals surface area contributed by atoms with Crippen LogP contribution < -0.4 is 5.43 Å². The van der Waals surface area contributed by atoms with Gasteiger partial charge >= 0.3 is 0 Å². The average molecular weight is 273 g/mol. The lowest BCUT2D eigenvalue weighted by Crippen LogP contribution is -2.59. The molecule has 1 aromatic rings. The summed E-state index contributed by atoms with van der Waals surface area (Å²) >= 11 is 0. The van der Waals surface area contributed by atoms with Gasteiger partial charge in [-0.1, -0.05) is 12.1 Å². The third kappa shape index (κ3) is 1.67. The predicted molar refractivity (Wildman–Crippen MR) is 66.3 cm³/mol. The SMILES string of the molecule is O=CN1CCC(N2C(=O)c3ccccc3C2=O)C(=O)N1. The molecule has 1 unspecified atom stereocenters. The van der Waals surface area contributed by atoms with E-state index in [9.17, 15) is 19.2 Å². The van der Waals surface area contributed by atoms with Crippen LogP contribution >= 0.6 is 0 Å². The molecule has 20 heavy (non-hydrogen) atoms. The molecule has 1 atom stereocenters. The Hall–Kier alpha value is -2.70. The first-order valence-corrected chi connectivity index (χ1v) is 6.13. The summed E-state index contributed by atoms with van der Waals surface area (Å²) in [7, 11) is 0. The zero-order valence-corrected chi connectivity index (χ0v) is 10.4. The van der Waals surface area contributed by atoms with Crippen molar-refractivity contribution in [1.82, 2.24) is 15.3 Å². The van der Waals surface area contributed by atoms with Crippen molar-refractivity contribution < 1.29 is 19.2 Å². The Morgan fingerprint density at radius 2 is 1.70 bits per heavy atom. The minimum absolute atomic E-state index is 0.232. The van der Waals surface area contributed by atoms with Crippen molar-refractivity contribution in [3.05, 3.63) is 35.4 Å². The van der Waals surface area contributed by atoms with Gasteiger partial charge in [0.05, 0.1) is 11.1 Å². The van der Waals surface area contributed by atoms with E-state index in [1.165, 1.54) is 0 Å². The molecule has 0 bridgehead atoms. The number of nitrogens with one attached hydrogen (secondary N) is 1. The first-order chi connectivity index (χ1) is 9.63. The molecule has 2 heterocycles. The molecule has 102 valence electrons. The Labute approximate surface area is 114 Å². The Balaban J connectivity index is 1.90. The number of fused-ring (bicyclic) bond motifs is 1. The normalized spacial score (nSPS) is 21.8. The van der Waals surface area contributed by atoms with E-state index >= 15 is 0 Å². The van der Waals surface area contributed by atoms with Crippen LogP contribution in [0.25, 0.3) is 0 Å². The van der Waals surface area contributed by atoms with Crippen molar-refractivity contribution in [2.45, 2.75) is 12.5 Å². The molecule has 1 N–H and O–H groups in total. The van der Waals surface area contributed by atoms with Gasteiger partial charge in [0.15, 0.2) is 0 Å². The van der Waals surface area contributed by atoms with Gasteiger partial charge in [-0.25, -0.2) is 0 Å². The molecule has 0 spiro atoms. The van der Waals surface area contributed by atoms with E-state index in [1.54, 1.807) is 24.3 Å². The minimum atomic E-state index is -0.876. The fourth-order valence-corrected chi connectivity index (χ4v) is 2.48. The standard InChI is InChI=1S/C13H11N3O4/c17-7-15-6-5-10(11(18)14-15)16-12(19)8-3-1-2-4-9(8)13(16)20/h1-4,7,10H,5-6H2,(H,14,18). The summed E-state index contributed by atoms with van der Waals surface area (Å²) in [6.07, 6.45) is 0.729. The third-order valence-electron chi connectivity index (χ3n) is 3.46. The molecule has 1 aromatic carbocycles. The molecule has 1 saturated heterocycles. The van der Waals surface area contributed by atoms with Gasteiger partial charge in [0.1, 0.15) is 6.04 Å². The summed E-state index contributed by atoms with van der Waals surface area (Å²) in [6.45, 7) is 0.257. The largest absolute Gasteiger partial charge is 0.277 e. The number of nitrogens with zero attached hydrogens (tertiary/aromatic N) is 2. The summed E-state index contributed by atoms with van der Waals surface area (Å²) < 4.78 is 0. The van der Waals surface area contributed by atoms with Crippen LogP contribution in [-0.2, 0) is 9.59 Å². The number of rotatable bonds is 2. The number of imide groups is 1. The number of carbonyl (C=O) groups excluding carboxylic acids is 4. The summed E-state index contributed by atoms with van der Waals surface area (Å²) in [4.78, 5) is 48.0. The molecule has 3 rings (SSSR count). The van der Waals surface area contributed by atoms with E-state index in [0.29, 0.717) is 17.5 Å². The van der Waals surface area contributed by atoms with Gasteiger partial charge in [-0.3, -0.25) is 34.5 Å². The maximum Gasteiger partial charge on any atom is 0.262 e. The molecule has 2 aliphatic rings. The van der Waals surface area contributed by atoms with Crippen LogP contribution in [0.4, 0.5) is 0 Å². The summed E-state index contributed by atoms with van der Waals surface area (Å²) in [5.74, 6) is -1.46. The first kappa shape index (κ1) is 12.3. The van der Waals surface area contributed by atoms with E-state index in [1.807, 2.05) is 0 Å². The Bertz CT molecular complexity index is 593. The molecule has 0 saturated carbocycles. The third-order valence-corrected chi connectivity index (χ3v) is 3.46. The predicted octanol–water partition coefficient (Wildman–Crippen LogP) is -0.456. The fraction of sp³-hybridized carbons (Fsp3) is 0.231. The zero-order valence-electron chi connectivity index (χ0n) is 10.4. The maximum atomic E-state index is 12.2. The quantitative estimate of drug-likeness (QED) is 0.583. The molecule has 0 aromatic heterocycles. The second kappa shape index (κ2) is 4.44. The van der Waals surface area contributed by atoms with Crippen LogP contribution in [0.1, 0.15) is 27.1 Å². The maximum absolute atomic E-state index is 12.2. The van der Waals surface area contributed by atoms with Crippen LogP contribution in [0.2, 0.25) is 0 Å². The molecule has 0 aliphatic carbocycles. The van der Waals surface area contributed by atoms with E-state index in [-0.39, 0.29) is 13.0 Å². The van der Waals surface area contributed by atoms with E-state index < -0.39 is 23.8 Å². The van der Waals surface area contributed by atoms with Crippen LogP contribution in [0.15, 0.2) is 24.3 Å². The molecule has 1 fully saturated rings. The Morgan fingerprint density at radius 3 is 2.20 bits per heavy atom. The number of amides is 4. The molecule has 7 nitrogen and oxygen atoms in total. The summed E-state index contributed by atoms with van der Waals surface area (Å²) in [5.41, 5.74) is 2.96. The second-order valence-electron chi connectivity index (χ2n) is 4.61. The lowest BCUT2D eigenvalue weighted by Gasteiger charge is -2.33. The monoisotopic (exact) mass is 273 g/mol. The van der Waals surface area contributed by atoms with Crippen LogP contribution in [0, 0.1) is 0 Å². The lowest BCUT2D eigenvalue weighted by molar-refractivity contribution is -0.140. The highest BCUT2D eigenvalue weighted by atomic mass is 16.2. The smallest absolute Gasteiger partial charge is 0.262 e. The van der Waals surface area contributed by atoms with Crippen LogP contribution in [0.5, 0.6) is 0 Å². The number of hydrogen-bond donors (Lipinski definition) is 1.